The van der Waals surface area contributed by atoms with Crippen LogP contribution < -0.4 is 28.4 Å². The smallest absolute Gasteiger partial charge is 0.343 e. The lowest BCUT2D eigenvalue weighted by Crippen LogP contribution is -2.11. The molecule has 71 heavy (non-hydrogen) atoms. The van der Waals surface area contributed by atoms with E-state index in [1.165, 1.54) is 113 Å². The molecule has 0 saturated heterocycles. The van der Waals surface area contributed by atoms with Gasteiger partial charge in [0.1, 0.15) is 34.5 Å². The van der Waals surface area contributed by atoms with Gasteiger partial charge >= 0.3 is 23.9 Å². The van der Waals surface area contributed by atoms with Gasteiger partial charge in [-0.2, -0.15) is 0 Å². The Bertz CT molecular complexity index is 2650. The molecule has 6 rings (SSSR count). The Hall–Kier alpha value is -7.17. The van der Waals surface area contributed by atoms with Crippen LogP contribution in [0.3, 0.4) is 0 Å². The zero-order chi connectivity index (χ0) is 50.0. The molecule has 0 unspecified atom stereocenters. The summed E-state index contributed by atoms with van der Waals surface area (Å²) in [5.41, 5.74) is 1.14. The maximum Gasteiger partial charge on any atom is 0.343 e. The third-order valence-corrected chi connectivity index (χ3v) is 12.1. The predicted octanol–water partition coefficient (Wildman–Crippen LogP) is 15.7. The van der Waals surface area contributed by atoms with Gasteiger partial charge in [-0.25, -0.2) is 19.2 Å². The van der Waals surface area contributed by atoms with Crippen molar-refractivity contribution in [1.82, 2.24) is 0 Å². The number of rotatable bonds is 30. The van der Waals surface area contributed by atoms with E-state index in [4.69, 9.17) is 40.0 Å². The molecule has 0 saturated carbocycles. The minimum Gasteiger partial charge on any atom is -0.494 e. The van der Waals surface area contributed by atoms with Crippen molar-refractivity contribution in [2.45, 2.75) is 103 Å². The largest absolute Gasteiger partial charge is 0.494 e. The van der Waals surface area contributed by atoms with Gasteiger partial charge in [-0.15, -0.1) is 13.2 Å². The number of unbranched alkanes of at least 4 members (excludes halogenated alkanes) is 14. The molecular weight excluding hydrogens is 916 g/mol. The number of esters is 4. The van der Waals surface area contributed by atoms with Gasteiger partial charge in [-0.1, -0.05) is 100 Å². The van der Waals surface area contributed by atoms with E-state index in [-0.39, 0.29) is 39.1 Å². The second-order valence-corrected chi connectivity index (χ2v) is 17.6. The van der Waals surface area contributed by atoms with Crippen molar-refractivity contribution in [2.24, 2.45) is 0 Å². The first-order valence-corrected chi connectivity index (χ1v) is 25.1. The minimum absolute atomic E-state index is 0.0952. The number of halogens is 1. The van der Waals surface area contributed by atoms with Crippen LogP contribution in [0.1, 0.15) is 144 Å². The Balaban J connectivity index is 0.922. The highest BCUT2D eigenvalue weighted by atomic mass is 35.5. The first-order valence-electron chi connectivity index (χ1n) is 24.7. The highest BCUT2D eigenvalue weighted by Crippen LogP contribution is 2.36. The van der Waals surface area contributed by atoms with Gasteiger partial charge in [-0.3, -0.25) is 0 Å². The number of ether oxygens (including phenoxy) is 6. The van der Waals surface area contributed by atoms with Crippen molar-refractivity contribution in [3.05, 3.63) is 180 Å². The van der Waals surface area contributed by atoms with E-state index in [9.17, 15) is 19.2 Å². The Morgan fingerprint density at radius 3 is 1.11 bits per heavy atom. The number of carbonyl (C=O) groups excluding carboxylic acids is 4. The third-order valence-electron chi connectivity index (χ3n) is 11.7. The highest BCUT2D eigenvalue weighted by Gasteiger charge is 2.17. The van der Waals surface area contributed by atoms with E-state index in [2.05, 4.69) is 13.2 Å². The predicted molar refractivity (Wildman–Crippen MR) is 280 cm³/mol. The molecule has 0 bridgehead atoms. The van der Waals surface area contributed by atoms with Crippen LogP contribution in [-0.4, -0.2) is 37.1 Å². The lowest BCUT2D eigenvalue weighted by molar-refractivity contribution is 0.0720. The van der Waals surface area contributed by atoms with Gasteiger partial charge < -0.3 is 28.4 Å². The van der Waals surface area contributed by atoms with Gasteiger partial charge in [0.05, 0.1) is 40.5 Å². The summed E-state index contributed by atoms with van der Waals surface area (Å²) in [6.07, 6.45) is 22.7. The zero-order valence-electron chi connectivity index (χ0n) is 40.4. The molecule has 0 amide bonds. The molecular formula is C60H63ClO10. The molecule has 6 aromatic rings. The standard InChI is InChI=1S/C60H63ClO10/c1-3-5-7-9-11-13-15-17-19-41-66-49-31-22-45(23-32-49)57(62)68-51-35-26-47(27-36-51)59(64)70-53-39-21-44-30-40-55(56(61)54(44)43-53)71-60(65)48-28-37-52(38-29-48)69-58(63)46-24-33-50(34-25-46)67-42-20-18-16-14-12-10-8-6-4-2/h3-4,21-40,43H,1-2,5-20,41-42H2. The SMILES string of the molecule is C=CCCCCCCCCCOc1ccc(C(=O)Oc2ccc(C(=O)Oc3ccc4ccc(OC(=O)c5ccc(OC(=O)c6ccc(OCCCCCCCCCC=C)cc6)cc5)c(Cl)c4c3)cc2)cc1. The summed E-state index contributed by atoms with van der Waals surface area (Å²) in [5, 5.41) is 1.34. The van der Waals surface area contributed by atoms with E-state index in [0.717, 1.165) is 43.9 Å². The summed E-state index contributed by atoms with van der Waals surface area (Å²) in [6.45, 7) is 8.77. The van der Waals surface area contributed by atoms with Crippen LogP contribution in [-0.2, 0) is 0 Å². The van der Waals surface area contributed by atoms with Crippen molar-refractivity contribution in [3.8, 4) is 34.5 Å². The second-order valence-electron chi connectivity index (χ2n) is 17.2. The number of fused-ring (bicyclic) bond motifs is 1. The molecule has 0 aliphatic rings. The topological polar surface area (TPSA) is 124 Å². The Morgan fingerprint density at radius 2 is 0.704 bits per heavy atom. The maximum atomic E-state index is 13.2. The Labute approximate surface area is 422 Å². The molecule has 6 aromatic carbocycles. The lowest BCUT2D eigenvalue weighted by Gasteiger charge is -2.11. The van der Waals surface area contributed by atoms with Crippen LogP contribution in [0.5, 0.6) is 34.5 Å². The van der Waals surface area contributed by atoms with Crippen molar-refractivity contribution >= 4 is 46.3 Å². The van der Waals surface area contributed by atoms with Gasteiger partial charge in [0.25, 0.3) is 0 Å². The number of hydrogen-bond acceptors (Lipinski definition) is 10. The van der Waals surface area contributed by atoms with Crippen LogP contribution in [0.15, 0.2) is 153 Å². The van der Waals surface area contributed by atoms with Crippen LogP contribution in [0.4, 0.5) is 0 Å². The molecule has 0 N–H and O–H groups in total. The normalized spacial score (nSPS) is 10.8. The maximum absolute atomic E-state index is 13.2. The molecule has 0 heterocycles. The molecule has 0 spiro atoms. The van der Waals surface area contributed by atoms with Crippen molar-refractivity contribution in [3.63, 3.8) is 0 Å². The second kappa shape index (κ2) is 29.1. The summed E-state index contributed by atoms with van der Waals surface area (Å²) in [6, 6.07) is 33.9. The molecule has 10 nitrogen and oxygen atoms in total. The average Bonchev–Trinajstić information content (AvgIpc) is 3.39. The monoisotopic (exact) mass is 978 g/mol. The molecule has 11 heteroatoms. The fraction of sp³-hybridized carbons (Fsp3) is 0.300. The number of carbonyl (C=O) groups is 4. The number of benzene rings is 6. The number of hydrogen-bond donors (Lipinski definition) is 0. The fourth-order valence-corrected chi connectivity index (χ4v) is 7.93. The third kappa shape index (κ3) is 17.6. The number of allylic oxidation sites excluding steroid dienone is 2. The van der Waals surface area contributed by atoms with E-state index in [1.807, 2.05) is 12.2 Å². The van der Waals surface area contributed by atoms with E-state index >= 15 is 0 Å². The van der Waals surface area contributed by atoms with Crippen LogP contribution >= 0.6 is 11.6 Å². The molecule has 0 radical (unpaired) electrons. The van der Waals surface area contributed by atoms with Crippen LogP contribution in [0.2, 0.25) is 5.02 Å². The van der Waals surface area contributed by atoms with Crippen LogP contribution in [0.25, 0.3) is 10.8 Å². The minimum atomic E-state index is -0.684. The molecule has 0 atom stereocenters. The van der Waals surface area contributed by atoms with E-state index in [0.29, 0.717) is 41.2 Å². The quantitative estimate of drug-likeness (QED) is 0.0186. The van der Waals surface area contributed by atoms with E-state index in [1.54, 1.807) is 78.9 Å². The van der Waals surface area contributed by atoms with Gasteiger partial charge in [0, 0.05) is 5.39 Å². The Kier molecular flexibility index (Phi) is 21.8. The highest BCUT2D eigenvalue weighted by molar-refractivity contribution is 6.37. The fourth-order valence-electron chi connectivity index (χ4n) is 7.66. The summed E-state index contributed by atoms with van der Waals surface area (Å²) >= 11 is 6.74. The van der Waals surface area contributed by atoms with E-state index < -0.39 is 23.9 Å². The summed E-state index contributed by atoms with van der Waals surface area (Å²) in [4.78, 5) is 52.1. The summed E-state index contributed by atoms with van der Waals surface area (Å²) in [5.74, 6) is -0.244. The molecule has 370 valence electrons. The Morgan fingerprint density at radius 1 is 0.380 bits per heavy atom. The van der Waals surface area contributed by atoms with Crippen LogP contribution in [0, 0.1) is 0 Å². The van der Waals surface area contributed by atoms with Gasteiger partial charge in [0.15, 0.2) is 0 Å². The van der Waals surface area contributed by atoms with Crippen molar-refractivity contribution in [2.75, 3.05) is 13.2 Å². The van der Waals surface area contributed by atoms with Gasteiger partial charge in [-0.05, 0) is 159 Å². The van der Waals surface area contributed by atoms with Crippen molar-refractivity contribution < 1.29 is 47.6 Å². The average molecular weight is 980 g/mol. The molecule has 0 fully saturated rings. The first-order chi connectivity index (χ1) is 34.7. The summed E-state index contributed by atoms with van der Waals surface area (Å²) < 4.78 is 34.1. The van der Waals surface area contributed by atoms with Gasteiger partial charge in [0.2, 0.25) is 0 Å². The summed E-state index contributed by atoms with van der Waals surface area (Å²) in [7, 11) is 0. The van der Waals surface area contributed by atoms with Crippen molar-refractivity contribution in [1.29, 1.82) is 0 Å². The molecule has 0 aliphatic heterocycles. The molecule has 0 aliphatic carbocycles. The molecule has 0 aromatic heterocycles. The zero-order valence-corrected chi connectivity index (χ0v) is 41.1. The lowest BCUT2D eigenvalue weighted by atomic mass is 10.1. The first kappa shape index (κ1) is 53.2.